The first-order chi connectivity index (χ1) is 8.77. The highest BCUT2D eigenvalue weighted by Crippen LogP contribution is 2.31. The van der Waals surface area contributed by atoms with Crippen LogP contribution in [0.15, 0.2) is 29.1 Å². The molecule has 1 aliphatic heterocycles. The second-order valence-corrected chi connectivity index (χ2v) is 4.98. The van der Waals surface area contributed by atoms with E-state index in [0.29, 0.717) is 6.04 Å². The van der Waals surface area contributed by atoms with Gasteiger partial charge in [-0.15, -0.1) is 0 Å². The van der Waals surface area contributed by atoms with Crippen molar-refractivity contribution in [3.8, 4) is 0 Å². The number of piperidine rings is 1. The van der Waals surface area contributed by atoms with Crippen LogP contribution in [0.3, 0.4) is 0 Å². The SMILES string of the molecule is CN1CCCCC1c1n[nH]c(=O)c2ccccc12. The van der Waals surface area contributed by atoms with E-state index in [1.165, 1.54) is 12.8 Å². The van der Waals surface area contributed by atoms with E-state index >= 15 is 0 Å². The number of benzene rings is 1. The highest BCUT2D eigenvalue weighted by molar-refractivity contribution is 5.83. The van der Waals surface area contributed by atoms with E-state index in [-0.39, 0.29) is 5.56 Å². The van der Waals surface area contributed by atoms with E-state index in [2.05, 4.69) is 22.1 Å². The number of rotatable bonds is 1. The molecule has 0 spiro atoms. The van der Waals surface area contributed by atoms with Crippen molar-refractivity contribution in [3.63, 3.8) is 0 Å². The number of hydrogen-bond donors (Lipinski definition) is 1. The molecule has 1 atom stereocenters. The Labute approximate surface area is 106 Å². The summed E-state index contributed by atoms with van der Waals surface area (Å²) >= 11 is 0. The maximum absolute atomic E-state index is 11.8. The summed E-state index contributed by atoms with van der Waals surface area (Å²) in [5.41, 5.74) is 0.903. The Morgan fingerprint density at radius 2 is 2.06 bits per heavy atom. The van der Waals surface area contributed by atoms with Crippen LogP contribution >= 0.6 is 0 Å². The fourth-order valence-corrected chi connectivity index (χ4v) is 2.81. The first kappa shape index (κ1) is 11.4. The average molecular weight is 243 g/mol. The van der Waals surface area contributed by atoms with E-state index in [4.69, 9.17) is 0 Å². The maximum Gasteiger partial charge on any atom is 0.272 e. The number of hydrogen-bond acceptors (Lipinski definition) is 3. The predicted octanol–water partition coefficient (Wildman–Crippen LogP) is 2.08. The molecule has 18 heavy (non-hydrogen) atoms. The van der Waals surface area contributed by atoms with Crippen molar-refractivity contribution in [3.05, 3.63) is 40.3 Å². The Hall–Kier alpha value is -1.68. The van der Waals surface area contributed by atoms with Crippen LogP contribution in [-0.2, 0) is 0 Å². The highest BCUT2D eigenvalue weighted by Gasteiger charge is 2.24. The third kappa shape index (κ3) is 1.82. The van der Waals surface area contributed by atoms with Crippen LogP contribution < -0.4 is 5.56 Å². The van der Waals surface area contributed by atoms with Crippen LogP contribution in [0.4, 0.5) is 0 Å². The number of aromatic nitrogens is 2. The lowest BCUT2D eigenvalue weighted by Gasteiger charge is -2.32. The molecule has 3 rings (SSSR count). The van der Waals surface area contributed by atoms with E-state index in [0.717, 1.165) is 29.4 Å². The van der Waals surface area contributed by atoms with Crippen LogP contribution in [-0.4, -0.2) is 28.7 Å². The lowest BCUT2D eigenvalue weighted by Crippen LogP contribution is -2.31. The van der Waals surface area contributed by atoms with Crippen molar-refractivity contribution in [2.75, 3.05) is 13.6 Å². The van der Waals surface area contributed by atoms with Crippen molar-refractivity contribution in [1.29, 1.82) is 0 Å². The summed E-state index contributed by atoms with van der Waals surface area (Å²) in [6, 6.07) is 8.04. The molecule has 0 radical (unpaired) electrons. The first-order valence-corrected chi connectivity index (χ1v) is 6.45. The lowest BCUT2D eigenvalue weighted by molar-refractivity contribution is 0.184. The summed E-state index contributed by atoms with van der Waals surface area (Å²) in [5, 5.41) is 8.65. The normalized spacial score (nSPS) is 21.3. The first-order valence-electron chi connectivity index (χ1n) is 6.45. The van der Waals surface area contributed by atoms with Gasteiger partial charge < -0.3 is 0 Å². The molecule has 1 fully saturated rings. The topological polar surface area (TPSA) is 49.0 Å². The smallest absolute Gasteiger partial charge is 0.272 e. The summed E-state index contributed by atoms with van der Waals surface area (Å²) in [6.07, 6.45) is 3.58. The van der Waals surface area contributed by atoms with Gasteiger partial charge in [-0.25, -0.2) is 5.10 Å². The Kier molecular flexibility index (Phi) is 2.88. The largest absolute Gasteiger partial charge is 0.298 e. The molecule has 1 aromatic carbocycles. The molecule has 1 saturated heterocycles. The second-order valence-electron chi connectivity index (χ2n) is 4.98. The molecule has 0 saturated carbocycles. The van der Waals surface area contributed by atoms with Crippen molar-refractivity contribution < 1.29 is 0 Å². The second kappa shape index (κ2) is 4.53. The quantitative estimate of drug-likeness (QED) is 0.834. The number of nitrogens with zero attached hydrogens (tertiary/aromatic N) is 2. The summed E-state index contributed by atoms with van der Waals surface area (Å²) in [4.78, 5) is 14.1. The monoisotopic (exact) mass is 243 g/mol. The van der Waals surface area contributed by atoms with Crippen LogP contribution in [0.2, 0.25) is 0 Å². The molecule has 1 aromatic heterocycles. The zero-order valence-corrected chi connectivity index (χ0v) is 10.5. The van der Waals surface area contributed by atoms with Gasteiger partial charge in [-0.05, 0) is 32.5 Å². The molecule has 2 heterocycles. The molecule has 0 bridgehead atoms. The van der Waals surface area contributed by atoms with Crippen LogP contribution in [0.25, 0.3) is 10.8 Å². The molecule has 94 valence electrons. The molecule has 2 aromatic rings. The van der Waals surface area contributed by atoms with Crippen LogP contribution in [0, 0.1) is 0 Å². The summed E-state index contributed by atoms with van der Waals surface area (Å²) in [7, 11) is 2.13. The Balaban J connectivity index is 2.17. The van der Waals surface area contributed by atoms with Gasteiger partial charge in [0.15, 0.2) is 0 Å². The molecule has 1 aliphatic rings. The molecule has 1 unspecified atom stereocenters. The lowest BCUT2D eigenvalue weighted by atomic mass is 9.97. The number of likely N-dealkylation sites (tertiary alicyclic amines) is 1. The molecule has 0 aliphatic carbocycles. The molecule has 4 heteroatoms. The zero-order valence-electron chi connectivity index (χ0n) is 10.5. The van der Waals surface area contributed by atoms with Gasteiger partial charge in [0.1, 0.15) is 0 Å². The molecular weight excluding hydrogens is 226 g/mol. The van der Waals surface area contributed by atoms with E-state index < -0.39 is 0 Å². The molecule has 4 nitrogen and oxygen atoms in total. The van der Waals surface area contributed by atoms with Gasteiger partial charge in [-0.1, -0.05) is 24.6 Å². The van der Waals surface area contributed by atoms with Gasteiger partial charge in [-0.2, -0.15) is 5.10 Å². The number of H-pyrrole nitrogens is 1. The number of nitrogens with one attached hydrogen (secondary N) is 1. The third-order valence-corrected chi connectivity index (χ3v) is 3.81. The third-order valence-electron chi connectivity index (χ3n) is 3.81. The van der Waals surface area contributed by atoms with Crippen molar-refractivity contribution in [2.45, 2.75) is 25.3 Å². The zero-order chi connectivity index (χ0) is 12.5. The van der Waals surface area contributed by atoms with Gasteiger partial charge in [0.05, 0.1) is 17.1 Å². The van der Waals surface area contributed by atoms with Gasteiger partial charge in [0.2, 0.25) is 0 Å². The summed E-state index contributed by atoms with van der Waals surface area (Å²) in [5.74, 6) is 0. The fraction of sp³-hybridized carbons (Fsp3) is 0.429. The molecular formula is C14H17N3O. The Morgan fingerprint density at radius 3 is 2.83 bits per heavy atom. The Bertz CT molecular complexity index is 620. The molecule has 1 N–H and O–H groups in total. The number of aromatic amines is 1. The number of fused-ring (bicyclic) bond motifs is 1. The molecule has 0 amide bonds. The predicted molar refractivity (Wildman–Crippen MR) is 71.6 cm³/mol. The van der Waals surface area contributed by atoms with E-state index in [9.17, 15) is 4.79 Å². The average Bonchev–Trinajstić information content (AvgIpc) is 2.41. The van der Waals surface area contributed by atoms with E-state index in [1.54, 1.807) is 0 Å². The van der Waals surface area contributed by atoms with Crippen molar-refractivity contribution >= 4 is 10.8 Å². The van der Waals surface area contributed by atoms with Gasteiger partial charge in [-0.3, -0.25) is 9.69 Å². The standard InChI is InChI=1S/C14H17N3O/c1-17-9-5-4-8-12(17)13-10-6-2-3-7-11(10)14(18)16-15-13/h2-3,6-7,12H,4-5,8-9H2,1H3,(H,16,18). The van der Waals surface area contributed by atoms with Crippen LogP contribution in [0.1, 0.15) is 31.0 Å². The van der Waals surface area contributed by atoms with Gasteiger partial charge in [0.25, 0.3) is 5.56 Å². The van der Waals surface area contributed by atoms with Crippen molar-refractivity contribution in [2.24, 2.45) is 0 Å². The Morgan fingerprint density at radius 1 is 1.28 bits per heavy atom. The van der Waals surface area contributed by atoms with E-state index in [1.807, 2.05) is 24.3 Å². The highest BCUT2D eigenvalue weighted by atomic mass is 16.1. The minimum absolute atomic E-state index is 0.104. The van der Waals surface area contributed by atoms with Crippen molar-refractivity contribution in [1.82, 2.24) is 15.1 Å². The fourth-order valence-electron chi connectivity index (χ4n) is 2.81. The van der Waals surface area contributed by atoms with Gasteiger partial charge >= 0.3 is 0 Å². The van der Waals surface area contributed by atoms with Crippen LogP contribution in [0.5, 0.6) is 0 Å². The minimum Gasteiger partial charge on any atom is -0.298 e. The minimum atomic E-state index is -0.104. The maximum atomic E-state index is 11.8. The summed E-state index contributed by atoms with van der Waals surface area (Å²) < 4.78 is 0. The summed E-state index contributed by atoms with van der Waals surface area (Å²) in [6.45, 7) is 1.10. The van der Waals surface area contributed by atoms with Gasteiger partial charge in [0, 0.05) is 5.39 Å².